The first kappa shape index (κ1) is 16.1. The van der Waals surface area contributed by atoms with Gasteiger partial charge in [-0.2, -0.15) is 4.31 Å². The molecule has 4 nitrogen and oxygen atoms in total. The van der Waals surface area contributed by atoms with E-state index in [1.54, 1.807) is 0 Å². The Labute approximate surface area is 121 Å². The van der Waals surface area contributed by atoms with Crippen LogP contribution in [0, 0.1) is 0 Å². The molecule has 8 heteroatoms. The Morgan fingerprint density at radius 1 is 0.952 bits per heavy atom. The molecule has 0 spiro atoms. The highest BCUT2D eigenvalue weighted by Crippen LogP contribution is 2.26. The number of benzene rings is 1. The lowest BCUT2D eigenvalue weighted by atomic mass is 10.2. The molecule has 0 aliphatic carbocycles. The van der Waals surface area contributed by atoms with E-state index in [2.05, 4.69) is 4.74 Å². The van der Waals surface area contributed by atoms with Crippen LogP contribution >= 0.6 is 0 Å². The van der Waals surface area contributed by atoms with Crippen molar-refractivity contribution in [3.63, 3.8) is 0 Å². The molecule has 2 rings (SSSR count). The fourth-order valence-electron chi connectivity index (χ4n) is 2.24. The first-order valence-corrected chi connectivity index (χ1v) is 8.09. The summed E-state index contributed by atoms with van der Waals surface area (Å²) in [6.07, 6.45) is -1.21. The van der Waals surface area contributed by atoms with Crippen LogP contribution in [0.1, 0.15) is 25.7 Å². The molecule has 118 valence electrons. The van der Waals surface area contributed by atoms with Crippen LogP contribution in [-0.4, -0.2) is 32.2 Å². The summed E-state index contributed by atoms with van der Waals surface area (Å²) in [5.41, 5.74) is 0. The van der Waals surface area contributed by atoms with Crippen LogP contribution in [0.3, 0.4) is 0 Å². The second-order valence-electron chi connectivity index (χ2n) is 4.84. The smallest absolute Gasteiger partial charge is 0.406 e. The summed E-state index contributed by atoms with van der Waals surface area (Å²) in [6.45, 7) is 0.895. The van der Waals surface area contributed by atoms with E-state index in [4.69, 9.17) is 0 Å². The van der Waals surface area contributed by atoms with Crippen molar-refractivity contribution in [2.45, 2.75) is 36.9 Å². The molecule has 1 aromatic carbocycles. The van der Waals surface area contributed by atoms with Gasteiger partial charge >= 0.3 is 6.36 Å². The monoisotopic (exact) mass is 323 g/mol. The van der Waals surface area contributed by atoms with Gasteiger partial charge in [0.1, 0.15) is 5.75 Å². The maximum absolute atomic E-state index is 12.4. The van der Waals surface area contributed by atoms with Crippen molar-refractivity contribution < 1.29 is 26.3 Å². The lowest BCUT2D eigenvalue weighted by Gasteiger charge is -2.20. The van der Waals surface area contributed by atoms with Crippen LogP contribution < -0.4 is 4.74 Å². The minimum atomic E-state index is -4.79. The first-order valence-electron chi connectivity index (χ1n) is 6.65. The summed E-state index contributed by atoms with van der Waals surface area (Å²) in [7, 11) is -3.65. The van der Waals surface area contributed by atoms with E-state index in [9.17, 15) is 21.6 Å². The summed E-state index contributed by atoms with van der Waals surface area (Å²) in [4.78, 5) is -0.0149. The summed E-state index contributed by atoms with van der Waals surface area (Å²) in [6, 6.07) is 4.30. The van der Waals surface area contributed by atoms with Crippen LogP contribution in [0.2, 0.25) is 0 Å². The highest BCUT2D eigenvalue weighted by Gasteiger charge is 2.31. The van der Waals surface area contributed by atoms with Gasteiger partial charge in [-0.1, -0.05) is 12.8 Å². The third-order valence-electron chi connectivity index (χ3n) is 3.26. The fourth-order valence-corrected chi connectivity index (χ4v) is 3.76. The first-order chi connectivity index (χ1) is 9.79. The zero-order valence-electron chi connectivity index (χ0n) is 11.3. The minimum absolute atomic E-state index is 0.0149. The van der Waals surface area contributed by atoms with Crippen molar-refractivity contribution >= 4 is 10.0 Å². The molecule has 0 amide bonds. The highest BCUT2D eigenvalue weighted by molar-refractivity contribution is 7.89. The Balaban J connectivity index is 2.16. The molecule has 0 aromatic heterocycles. The average Bonchev–Trinajstić information content (AvgIpc) is 2.66. The van der Waals surface area contributed by atoms with Crippen LogP contribution in [0.5, 0.6) is 5.75 Å². The van der Waals surface area contributed by atoms with E-state index >= 15 is 0 Å². The molecule has 0 bridgehead atoms. The molecule has 0 saturated carbocycles. The van der Waals surface area contributed by atoms with Gasteiger partial charge in [0.15, 0.2) is 0 Å². The fraction of sp³-hybridized carbons (Fsp3) is 0.538. The Hall–Kier alpha value is -1.28. The van der Waals surface area contributed by atoms with Crippen LogP contribution in [0.4, 0.5) is 13.2 Å². The Kier molecular flexibility index (Phi) is 4.77. The molecule has 21 heavy (non-hydrogen) atoms. The van der Waals surface area contributed by atoms with E-state index in [-0.39, 0.29) is 4.90 Å². The van der Waals surface area contributed by atoms with Crippen molar-refractivity contribution in [1.82, 2.24) is 4.31 Å². The molecule has 1 aliphatic rings. The summed E-state index contributed by atoms with van der Waals surface area (Å²) in [5.74, 6) is -0.433. The van der Waals surface area contributed by atoms with Crippen molar-refractivity contribution in [3.8, 4) is 5.75 Å². The number of hydrogen-bond acceptors (Lipinski definition) is 3. The minimum Gasteiger partial charge on any atom is -0.406 e. The SMILES string of the molecule is O=S(=O)(c1ccc(OC(F)(F)F)cc1)N1CCCCCC1. The third kappa shape index (κ3) is 4.34. The molecule has 0 radical (unpaired) electrons. The van der Waals surface area contributed by atoms with Gasteiger partial charge in [-0.25, -0.2) is 8.42 Å². The number of alkyl halides is 3. The normalized spacial score (nSPS) is 18.2. The molecule has 1 heterocycles. The molecule has 1 fully saturated rings. The van der Waals surface area contributed by atoms with Gasteiger partial charge in [-0.05, 0) is 37.1 Å². The number of halogens is 3. The van der Waals surface area contributed by atoms with Gasteiger partial charge in [-0.3, -0.25) is 0 Å². The summed E-state index contributed by atoms with van der Waals surface area (Å²) >= 11 is 0. The molecular weight excluding hydrogens is 307 g/mol. The maximum atomic E-state index is 12.4. The maximum Gasteiger partial charge on any atom is 0.573 e. The molecule has 1 aliphatic heterocycles. The average molecular weight is 323 g/mol. The number of rotatable bonds is 3. The van der Waals surface area contributed by atoms with Crippen molar-refractivity contribution in [3.05, 3.63) is 24.3 Å². The van der Waals surface area contributed by atoms with Crippen LogP contribution in [0.25, 0.3) is 0 Å². The van der Waals surface area contributed by atoms with Gasteiger partial charge in [-0.15, -0.1) is 13.2 Å². The second-order valence-corrected chi connectivity index (χ2v) is 6.78. The lowest BCUT2D eigenvalue weighted by Crippen LogP contribution is -2.31. The zero-order valence-corrected chi connectivity index (χ0v) is 12.1. The van der Waals surface area contributed by atoms with Gasteiger partial charge in [0, 0.05) is 13.1 Å². The van der Waals surface area contributed by atoms with E-state index < -0.39 is 22.1 Å². The third-order valence-corrected chi connectivity index (χ3v) is 5.17. The van der Waals surface area contributed by atoms with Gasteiger partial charge < -0.3 is 4.74 Å². The van der Waals surface area contributed by atoms with E-state index in [1.807, 2.05) is 0 Å². The molecular formula is C13H16F3NO3S. The number of sulfonamides is 1. The molecule has 1 saturated heterocycles. The van der Waals surface area contributed by atoms with Crippen molar-refractivity contribution in [2.24, 2.45) is 0 Å². The van der Waals surface area contributed by atoms with E-state index in [0.717, 1.165) is 49.9 Å². The topological polar surface area (TPSA) is 46.6 Å². The standard InChI is InChI=1S/C13H16F3NO3S/c14-13(15,16)20-11-5-7-12(8-6-11)21(18,19)17-9-3-1-2-4-10-17/h5-8H,1-4,9-10H2. The summed E-state index contributed by atoms with van der Waals surface area (Å²) in [5, 5.41) is 0. The van der Waals surface area contributed by atoms with E-state index in [0.29, 0.717) is 13.1 Å². The van der Waals surface area contributed by atoms with Crippen LogP contribution in [-0.2, 0) is 10.0 Å². The summed E-state index contributed by atoms with van der Waals surface area (Å²) < 4.78 is 66.1. The second kappa shape index (κ2) is 6.23. The molecule has 0 N–H and O–H groups in total. The lowest BCUT2D eigenvalue weighted by molar-refractivity contribution is -0.274. The van der Waals surface area contributed by atoms with Crippen molar-refractivity contribution in [2.75, 3.05) is 13.1 Å². The Morgan fingerprint density at radius 2 is 1.48 bits per heavy atom. The zero-order chi connectivity index (χ0) is 15.5. The van der Waals surface area contributed by atoms with Gasteiger partial charge in [0.05, 0.1) is 4.90 Å². The quantitative estimate of drug-likeness (QED) is 0.858. The van der Waals surface area contributed by atoms with Gasteiger partial charge in [0.2, 0.25) is 10.0 Å². The molecule has 1 aromatic rings. The molecule has 0 atom stereocenters. The Bertz CT molecular complexity index is 561. The predicted octanol–water partition coefficient (Wildman–Crippen LogP) is 3.15. The van der Waals surface area contributed by atoms with Gasteiger partial charge in [0.25, 0.3) is 0 Å². The predicted molar refractivity (Wildman–Crippen MR) is 70.4 cm³/mol. The van der Waals surface area contributed by atoms with Crippen LogP contribution in [0.15, 0.2) is 29.2 Å². The van der Waals surface area contributed by atoms with Crippen molar-refractivity contribution in [1.29, 1.82) is 0 Å². The highest BCUT2D eigenvalue weighted by atomic mass is 32.2. The van der Waals surface area contributed by atoms with E-state index in [1.165, 1.54) is 4.31 Å². The largest absolute Gasteiger partial charge is 0.573 e. The Morgan fingerprint density at radius 3 is 1.95 bits per heavy atom. The molecule has 0 unspecified atom stereocenters. The number of ether oxygens (including phenoxy) is 1. The number of hydrogen-bond donors (Lipinski definition) is 0. The number of nitrogens with zero attached hydrogens (tertiary/aromatic N) is 1.